The Kier molecular flexibility index (Phi) is 11.7. The van der Waals surface area contributed by atoms with Crippen molar-refractivity contribution in [2.75, 3.05) is 33.4 Å². The van der Waals surface area contributed by atoms with Crippen LogP contribution in [0.25, 0.3) is 0 Å². The van der Waals surface area contributed by atoms with Crippen molar-refractivity contribution in [2.45, 2.75) is 83.2 Å². The number of benzene rings is 1. The first-order valence-electron chi connectivity index (χ1n) is 13.0. The average Bonchev–Trinajstić information content (AvgIpc) is 3.16. The molecule has 5 atom stereocenters. The summed E-state index contributed by atoms with van der Waals surface area (Å²) in [7, 11) is 1.92. The van der Waals surface area contributed by atoms with Gasteiger partial charge in [-0.1, -0.05) is 30.7 Å². The highest BCUT2D eigenvalue weighted by molar-refractivity contribution is 5.34. The van der Waals surface area contributed by atoms with E-state index < -0.39 is 6.10 Å². The van der Waals surface area contributed by atoms with E-state index in [0.29, 0.717) is 44.5 Å². The average molecular weight is 474 g/mol. The smallest absolute Gasteiger partial charge is 0.119 e. The van der Waals surface area contributed by atoms with Crippen LogP contribution in [0.4, 0.5) is 0 Å². The topological polar surface area (TPSA) is 80.2 Å². The van der Waals surface area contributed by atoms with E-state index in [1.54, 1.807) is 0 Å². The molecule has 0 radical (unpaired) electrons. The van der Waals surface area contributed by atoms with Gasteiger partial charge >= 0.3 is 0 Å². The van der Waals surface area contributed by atoms with Crippen molar-refractivity contribution >= 4 is 0 Å². The van der Waals surface area contributed by atoms with E-state index in [1.807, 2.05) is 13.1 Å². The van der Waals surface area contributed by atoms with Crippen LogP contribution in [0.15, 0.2) is 18.2 Å². The zero-order chi connectivity index (χ0) is 24.2. The van der Waals surface area contributed by atoms with Crippen molar-refractivity contribution in [2.24, 2.45) is 11.8 Å². The number of hydrogen-bond donors (Lipinski definition) is 3. The lowest BCUT2D eigenvalue weighted by atomic mass is 9.82. The summed E-state index contributed by atoms with van der Waals surface area (Å²) >= 11 is 0. The van der Waals surface area contributed by atoms with E-state index in [9.17, 15) is 10.2 Å². The number of aliphatic hydroxyl groups excluding tert-OH is 2. The highest BCUT2D eigenvalue weighted by Gasteiger charge is 2.37. The largest absolute Gasteiger partial charge is 0.492 e. The molecule has 2 fully saturated rings. The predicted molar refractivity (Wildman–Crippen MR) is 134 cm³/mol. The molecule has 1 aromatic rings. The Bertz CT molecular complexity index is 789. The molecule has 2 aliphatic rings. The molecule has 1 aromatic carbocycles. The summed E-state index contributed by atoms with van der Waals surface area (Å²) in [6.45, 7) is 4.63. The van der Waals surface area contributed by atoms with Crippen LogP contribution in [0.3, 0.4) is 0 Å². The van der Waals surface area contributed by atoms with E-state index >= 15 is 0 Å². The molecular formula is C28H43NO5. The summed E-state index contributed by atoms with van der Waals surface area (Å²) in [6.07, 6.45) is 7.53. The van der Waals surface area contributed by atoms with Gasteiger partial charge in [-0.05, 0) is 75.3 Å². The second-order valence-corrected chi connectivity index (χ2v) is 9.70. The third-order valence-corrected chi connectivity index (χ3v) is 7.13. The van der Waals surface area contributed by atoms with Crippen LogP contribution >= 0.6 is 0 Å². The van der Waals surface area contributed by atoms with Gasteiger partial charge in [0.05, 0.1) is 24.9 Å². The molecule has 6 nitrogen and oxygen atoms in total. The van der Waals surface area contributed by atoms with Gasteiger partial charge in [0.15, 0.2) is 0 Å². The molecule has 0 spiro atoms. The van der Waals surface area contributed by atoms with Crippen LogP contribution in [0.5, 0.6) is 5.75 Å². The molecule has 1 heterocycles. The Morgan fingerprint density at radius 3 is 2.82 bits per heavy atom. The normalized spacial score (nSPS) is 27.5. The van der Waals surface area contributed by atoms with E-state index in [4.69, 9.17) is 14.2 Å². The quantitative estimate of drug-likeness (QED) is 0.356. The lowest BCUT2D eigenvalue weighted by Crippen LogP contribution is -2.24. The lowest BCUT2D eigenvalue weighted by Gasteiger charge is -2.27. The molecule has 0 amide bonds. The maximum absolute atomic E-state index is 10.2. The molecular weight excluding hydrogens is 430 g/mol. The number of ether oxygens (including phenoxy) is 3. The van der Waals surface area contributed by atoms with Gasteiger partial charge in [0.25, 0.3) is 0 Å². The van der Waals surface area contributed by atoms with Gasteiger partial charge in [-0.3, -0.25) is 0 Å². The summed E-state index contributed by atoms with van der Waals surface area (Å²) in [4.78, 5) is 0. The first kappa shape index (κ1) is 27.0. The standard InChI is InChI=1S/C28H43NO5/c1-21-18-25(33-17-14-29-2)12-11-24(21)20-32-16-5-7-22-6-3-4-8-23(10-9-22)28-19-26(31)27(34-28)13-15-30/h11-12,18,22-23,26-31H,3-4,6,8-10,13-17,19-20H2,1-2H3. The number of hydrogen-bond acceptors (Lipinski definition) is 6. The van der Waals surface area contributed by atoms with Crippen LogP contribution in [-0.4, -0.2) is 61.9 Å². The monoisotopic (exact) mass is 473 g/mol. The molecule has 190 valence electrons. The number of likely N-dealkylation sites (N-methyl/N-ethyl adjacent to an activating group) is 1. The van der Waals surface area contributed by atoms with Gasteiger partial charge in [-0.2, -0.15) is 0 Å². The Labute approximate surface area is 205 Å². The Morgan fingerprint density at radius 2 is 2.03 bits per heavy atom. The van der Waals surface area contributed by atoms with E-state index in [2.05, 4.69) is 36.2 Å². The molecule has 34 heavy (non-hydrogen) atoms. The summed E-state index contributed by atoms with van der Waals surface area (Å²) in [5.74, 6) is 8.48. The zero-order valence-electron chi connectivity index (χ0n) is 20.9. The maximum atomic E-state index is 10.2. The van der Waals surface area contributed by atoms with Crippen molar-refractivity contribution in [3.05, 3.63) is 29.3 Å². The van der Waals surface area contributed by atoms with Gasteiger partial charge < -0.3 is 29.7 Å². The van der Waals surface area contributed by atoms with Crippen molar-refractivity contribution in [1.29, 1.82) is 0 Å². The molecule has 0 bridgehead atoms. The SMILES string of the molecule is CNCCOc1ccc(COCC#CC2CCCCC(C3CC(O)C(CCO)O3)CC2)c(C)c1. The fourth-order valence-electron chi connectivity index (χ4n) is 5.06. The van der Waals surface area contributed by atoms with Crippen LogP contribution in [-0.2, 0) is 16.1 Å². The van der Waals surface area contributed by atoms with E-state index in [-0.39, 0.29) is 18.8 Å². The predicted octanol–water partition coefficient (Wildman–Crippen LogP) is 3.60. The Morgan fingerprint density at radius 1 is 1.18 bits per heavy atom. The van der Waals surface area contributed by atoms with Crippen LogP contribution in [0.1, 0.15) is 62.5 Å². The number of rotatable bonds is 10. The third kappa shape index (κ3) is 8.55. The fraction of sp³-hybridized carbons (Fsp3) is 0.714. The molecule has 1 saturated heterocycles. The van der Waals surface area contributed by atoms with Gasteiger partial charge in [-0.25, -0.2) is 0 Å². The summed E-state index contributed by atoms with van der Waals surface area (Å²) in [6, 6.07) is 6.13. The second kappa shape index (κ2) is 14.7. The lowest BCUT2D eigenvalue weighted by molar-refractivity contribution is -0.0267. The maximum Gasteiger partial charge on any atom is 0.119 e. The molecule has 5 unspecified atom stereocenters. The molecule has 1 aliphatic heterocycles. The minimum atomic E-state index is -0.443. The molecule has 1 saturated carbocycles. The Hall–Kier alpha value is -1.62. The minimum Gasteiger partial charge on any atom is -0.492 e. The fourth-order valence-corrected chi connectivity index (χ4v) is 5.06. The van der Waals surface area contributed by atoms with Gasteiger partial charge in [0.2, 0.25) is 0 Å². The number of aliphatic hydroxyl groups is 2. The van der Waals surface area contributed by atoms with Crippen LogP contribution in [0.2, 0.25) is 0 Å². The summed E-state index contributed by atoms with van der Waals surface area (Å²) < 4.78 is 17.7. The minimum absolute atomic E-state index is 0.0646. The van der Waals surface area contributed by atoms with Crippen molar-refractivity contribution in [1.82, 2.24) is 5.32 Å². The Balaban J connectivity index is 1.40. The van der Waals surface area contributed by atoms with E-state index in [1.165, 1.54) is 18.4 Å². The molecule has 1 aliphatic carbocycles. The highest BCUT2D eigenvalue weighted by atomic mass is 16.5. The van der Waals surface area contributed by atoms with Gasteiger partial charge in [0, 0.05) is 25.5 Å². The van der Waals surface area contributed by atoms with E-state index in [0.717, 1.165) is 43.5 Å². The number of nitrogens with one attached hydrogen (secondary N) is 1. The molecule has 3 rings (SSSR count). The van der Waals surface area contributed by atoms with Gasteiger partial charge in [0.1, 0.15) is 19.0 Å². The van der Waals surface area contributed by atoms with Crippen molar-refractivity contribution in [3.63, 3.8) is 0 Å². The van der Waals surface area contributed by atoms with Crippen LogP contribution < -0.4 is 10.1 Å². The first-order valence-corrected chi connectivity index (χ1v) is 13.0. The molecule has 0 aromatic heterocycles. The van der Waals surface area contributed by atoms with Crippen molar-refractivity contribution < 1.29 is 24.4 Å². The third-order valence-electron chi connectivity index (χ3n) is 7.13. The first-order chi connectivity index (χ1) is 16.6. The van der Waals surface area contributed by atoms with Crippen LogP contribution in [0, 0.1) is 30.6 Å². The van der Waals surface area contributed by atoms with Gasteiger partial charge in [-0.15, -0.1) is 0 Å². The summed E-state index contributed by atoms with van der Waals surface area (Å²) in [5, 5.41) is 22.5. The highest BCUT2D eigenvalue weighted by Crippen LogP contribution is 2.35. The second-order valence-electron chi connectivity index (χ2n) is 9.70. The zero-order valence-corrected chi connectivity index (χ0v) is 20.9. The molecule has 6 heteroatoms. The molecule has 3 N–H and O–H groups in total. The number of aryl methyl sites for hydroxylation is 1. The van der Waals surface area contributed by atoms with Crippen molar-refractivity contribution in [3.8, 4) is 17.6 Å². The summed E-state index contributed by atoms with van der Waals surface area (Å²) in [5.41, 5.74) is 2.33.